The number of rotatable bonds is 5. The van der Waals surface area contributed by atoms with Gasteiger partial charge in [0.2, 0.25) is 0 Å². The van der Waals surface area contributed by atoms with Crippen molar-refractivity contribution in [3.63, 3.8) is 0 Å². The largest absolute Gasteiger partial charge is 0.377 e. The van der Waals surface area contributed by atoms with E-state index in [1.807, 2.05) is 30.0 Å². The van der Waals surface area contributed by atoms with Gasteiger partial charge in [-0.2, -0.15) is 0 Å². The molecule has 3 aromatic rings. The summed E-state index contributed by atoms with van der Waals surface area (Å²) in [7, 11) is 0. The third-order valence-corrected chi connectivity index (χ3v) is 7.13. The molecule has 30 heavy (non-hydrogen) atoms. The summed E-state index contributed by atoms with van der Waals surface area (Å²) >= 11 is 1.84. The fraction of sp³-hybridized carbons (Fsp3) is 0.200. The van der Waals surface area contributed by atoms with Crippen LogP contribution in [-0.2, 0) is 5.75 Å². The minimum Gasteiger partial charge on any atom is -0.377 e. The Kier molecular flexibility index (Phi) is 5.05. The summed E-state index contributed by atoms with van der Waals surface area (Å²) in [4.78, 5) is 12.6. The molecule has 2 aliphatic rings. The van der Waals surface area contributed by atoms with Crippen LogP contribution in [0, 0.1) is 16.0 Å². The second-order valence-corrected chi connectivity index (χ2v) is 8.86. The number of nitro groups is 1. The SMILES string of the molecule is O=[N+]([O-])c1ccccc1[C@@H]1Nc2ccc(CSc3ccccc3)cc2[C@@H]2C=CC[C@H]21. The van der Waals surface area contributed by atoms with Gasteiger partial charge in [-0.05, 0) is 41.7 Å². The van der Waals surface area contributed by atoms with Crippen molar-refractivity contribution in [1.82, 2.24) is 0 Å². The van der Waals surface area contributed by atoms with Gasteiger partial charge in [0, 0.05) is 28.3 Å². The lowest BCUT2D eigenvalue weighted by Gasteiger charge is -2.37. The van der Waals surface area contributed by atoms with Crippen molar-refractivity contribution in [2.45, 2.75) is 29.0 Å². The van der Waals surface area contributed by atoms with E-state index in [1.165, 1.54) is 16.0 Å². The minimum absolute atomic E-state index is 0.0661. The topological polar surface area (TPSA) is 55.2 Å². The number of fused-ring (bicyclic) bond motifs is 3. The van der Waals surface area contributed by atoms with Gasteiger partial charge < -0.3 is 5.32 Å². The molecular weight excluding hydrogens is 392 g/mol. The molecule has 1 N–H and O–H groups in total. The Morgan fingerprint density at radius 1 is 1.00 bits per heavy atom. The number of hydrogen-bond donors (Lipinski definition) is 1. The monoisotopic (exact) mass is 414 g/mol. The molecule has 3 atom stereocenters. The molecule has 5 heteroatoms. The molecule has 1 aliphatic heterocycles. The summed E-state index contributed by atoms with van der Waals surface area (Å²) in [5.41, 5.74) is 4.65. The van der Waals surface area contributed by atoms with Gasteiger partial charge >= 0.3 is 0 Å². The first-order valence-electron chi connectivity index (χ1n) is 10.2. The number of nitrogens with zero attached hydrogens (tertiary/aromatic N) is 1. The average Bonchev–Trinajstić information content (AvgIpc) is 3.28. The molecule has 150 valence electrons. The number of para-hydroxylation sites is 1. The van der Waals surface area contributed by atoms with Crippen molar-refractivity contribution in [1.29, 1.82) is 0 Å². The maximum Gasteiger partial charge on any atom is 0.274 e. The van der Waals surface area contributed by atoms with E-state index in [4.69, 9.17) is 0 Å². The highest BCUT2D eigenvalue weighted by atomic mass is 32.2. The van der Waals surface area contributed by atoms with Crippen LogP contribution in [0.15, 0.2) is 89.8 Å². The van der Waals surface area contributed by atoms with Crippen LogP contribution in [0.2, 0.25) is 0 Å². The number of nitro benzene ring substituents is 1. The van der Waals surface area contributed by atoms with Gasteiger partial charge in [0.1, 0.15) is 0 Å². The zero-order valence-corrected chi connectivity index (χ0v) is 17.2. The Morgan fingerprint density at radius 2 is 1.80 bits per heavy atom. The number of benzene rings is 3. The molecule has 0 bridgehead atoms. The molecule has 1 heterocycles. The standard InChI is InChI=1S/C25H22N2O2S/c28-27(29)24-12-5-4-9-21(24)25-20-11-6-10-19(20)22-15-17(13-14-23(22)26-25)16-30-18-7-2-1-3-8-18/h1-10,12-15,19-20,25-26H,11,16H2/t19-,20-,25-/m1/s1. The van der Waals surface area contributed by atoms with Crippen LogP contribution in [-0.4, -0.2) is 4.92 Å². The minimum atomic E-state index is -0.270. The second kappa shape index (κ2) is 8.00. The van der Waals surface area contributed by atoms with E-state index in [9.17, 15) is 10.1 Å². The van der Waals surface area contributed by atoms with E-state index < -0.39 is 0 Å². The number of hydrogen-bond acceptors (Lipinski definition) is 4. The Morgan fingerprint density at radius 3 is 2.63 bits per heavy atom. The average molecular weight is 415 g/mol. The normalized spacial score (nSPS) is 21.5. The number of anilines is 1. The molecular formula is C25H22N2O2S. The first kappa shape index (κ1) is 18.9. The van der Waals surface area contributed by atoms with Crippen LogP contribution in [0.3, 0.4) is 0 Å². The first-order valence-corrected chi connectivity index (χ1v) is 11.2. The Labute approximate surface area is 180 Å². The van der Waals surface area contributed by atoms with Crippen LogP contribution in [0.5, 0.6) is 0 Å². The molecule has 3 aromatic carbocycles. The number of thioether (sulfide) groups is 1. The number of allylic oxidation sites excluding steroid dienone is 2. The second-order valence-electron chi connectivity index (χ2n) is 7.81. The molecule has 0 spiro atoms. The van der Waals surface area contributed by atoms with Crippen LogP contribution >= 0.6 is 11.8 Å². The quantitative estimate of drug-likeness (QED) is 0.218. The molecule has 0 amide bonds. The fourth-order valence-electron chi connectivity index (χ4n) is 4.64. The smallest absolute Gasteiger partial charge is 0.274 e. The predicted octanol–water partition coefficient (Wildman–Crippen LogP) is 6.71. The number of nitrogens with one attached hydrogen (secondary N) is 1. The van der Waals surface area contributed by atoms with E-state index in [1.54, 1.807) is 12.1 Å². The van der Waals surface area contributed by atoms with E-state index >= 15 is 0 Å². The van der Waals surface area contributed by atoms with E-state index in [0.717, 1.165) is 23.4 Å². The van der Waals surface area contributed by atoms with Crippen molar-refractivity contribution in [2.24, 2.45) is 5.92 Å². The maximum atomic E-state index is 11.6. The highest BCUT2D eigenvalue weighted by Crippen LogP contribution is 2.51. The maximum absolute atomic E-state index is 11.6. The van der Waals surface area contributed by atoms with E-state index in [0.29, 0.717) is 0 Å². The van der Waals surface area contributed by atoms with Gasteiger partial charge in [0.25, 0.3) is 5.69 Å². The van der Waals surface area contributed by atoms with Crippen molar-refractivity contribution in [3.8, 4) is 0 Å². The first-order chi connectivity index (χ1) is 14.7. The van der Waals surface area contributed by atoms with Crippen LogP contribution in [0.25, 0.3) is 0 Å². The molecule has 0 saturated heterocycles. The summed E-state index contributed by atoms with van der Waals surface area (Å²) in [5, 5.41) is 15.2. The van der Waals surface area contributed by atoms with Crippen molar-refractivity contribution < 1.29 is 4.92 Å². The third kappa shape index (κ3) is 3.50. The molecule has 0 aromatic heterocycles. The highest BCUT2D eigenvalue weighted by molar-refractivity contribution is 7.98. The van der Waals surface area contributed by atoms with Gasteiger partial charge in [-0.3, -0.25) is 10.1 Å². The zero-order chi connectivity index (χ0) is 20.5. The Hall–Kier alpha value is -3.05. The molecule has 0 saturated carbocycles. The molecule has 1 aliphatic carbocycles. The van der Waals surface area contributed by atoms with Gasteiger partial charge in [-0.25, -0.2) is 0 Å². The molecule has 0 fully saturated rings. The van der Waals surface area contributed by atoms with E-state index in [-0.39, 0.29) is 28.5 Å². The van der Waals surface area contributed by atoms with Crippen molar-refractivity contribution >= 4 is 23.1 Å². The Balaban J connectivity index is 1.45. The third-order valence-electron chi connectivity index (χ3n) is 6.04. The van der Waals surface area contributed by atoms with Gasteiger partial charge in [0.05, 0.1) is 16.5 Å². The lowest BCUT2D eigenvalue weighted by Crippen LogP contribution is -2.29. The van der Waals surface area contributed by atoms with Gasteiger partial charge in [0.15, 0.2) is 0 Å². The fourth-order valence-corrected chi connectivity index (χ4v) is 5.50. The summed E-state index contributed by atoms with van der Waals surface area (Å²) in [6.45, 7) is 0. The lowest BCUT2D eigenvalue weighted by atomic mass is 9.76. The summed E-state index contributed by atoms with van der Waals surface area (Å²) in [6.07, 6.45) is 5.43. The summed E-state index contributed by atoms with van der Waals surface area (Å²) in [5.74, 6) is 1.50. The van der Waals surface area contributed by atoms with Crippen molar-refractivity contribution in [2.75, 3.05) is 5.32 Å². The van der Waals surface area contributed by atoms with Crippen LogP contribution in [0.4, 0.5) is 11.4 Å². The predicted molar refractivity (Wildman–Crippen MR) is 122 cm³/mol. The van der Waals surface area contributed by atoms with Crippen LogP contribution in [0.1, 0.15) is 35.1 Å². The van der Waals surface area contributed by atoms with Crippen molar-refractivity contribution in [3.05, 3.63) is 112 Å². The molecule has 0 unspecified atom stereocenters. The highest BCUT2D eigenvalue weighted by Gasteiger charge is 2.40. The lowest BCUT2D eigenvalue weighted by molar-refractivity contribution is -0.385. The molecule has 5 rings (SSSR count). The molecule has 0 radical (unpaired) electrons. The summed E-state index contributed by atoms with van der Waals surface area (Å²) in [6, 6.07) is 24.1. The van der Waals surface area contributed by atoms with Gasteiger partial charge in [-0.1, -0.05) is 60.7 Å². The van der Waals surface area contributed by atoms with Gasteiger partial charge in [-0.15, -0.1) is 11.8 Å². The Bertz CT molecular complexity index is 1110. The van der Waals surface area contributed by atoms with Crippen LogP contribution < -0.4 is 5.32 Å². The zero-order valence-electron chi connectivity index (χ0n) is 16.4. The summed E-state index contributed by atoms with van der Waals surface area (Å²) < 4.78 is 0. The molecule has 4 nitrogen and oxygen atoms in total. The van der Waals surface area contributed by atoms with E-state index in [2.05, 4.69) is 59.9 Å².